The van der Waals surface area contributed by atoms with Crippen molar-refractivity contribution in [1.29, 1.82) is 0 Å². The molecule has 26 heavy (non-hydrogen) atoms. The first kappa shape index (κ1) is 20.5. The molecule has 2 rings (SSSR count). The van der Waals surface area contributed by atoms with Crippen LogP contribution in [0.4, 0.5) is 0 Å². The van der Waals surface area contributed by atoms with Gasteiger partial charge in [0.1, 0.15) is 0 Å². The van der Waals surface area contributed by atoms with Crippen molar-refractivity contribution in [2.24, 2.45) is 18.9 Å². The minimum atomic E-state index is 0.0416. The molecule has 146 valence electrons. The normalized spacial score (nSPS) is 15.0. The van der Waals surface area contributed by atoms with Crippen LogP contribution in [-0.4, -0.2) is 45.3 Å². The van der Waals surface area contributed by atoms with E-state index >= 15 is 0 Å². The van der Waals surface area contributed by atoms with Crippen LogP contribution in [0.25, 0.3) is 0 Å². The molecule has 0 bridgehead atoms. The summed E-state index contributed by atoms with van der Waals surface area (Å²) in [5.41, 5.74) is 1.11. The van der Waals surface area contributed by atoms with Gasteiger partial charge in [0.25, 0.3) is 0 Å². The van der Waals surface area contributed by atoms with Crippen LogP contribution in [0, 0.1) is 11.8 Å². The van der Waals surface area contributed by atoms with Crippen LogP contribution in [0.15, 0.2) is 18.3 Å². The van der Waals surface area contributed by atoms with Gasteiger partial charge in [-0.1, -0.05) is 26.7 Å². The van der Waals surface area contributed by atoms with Crippen LogP contribution < -0.4 is 0 Å². The Morgan fingerprint density at radius 3 is 2.35 bits per heavy atom. The number of nitrogens with zero attached hydrogens (tertiary/aromatic N) is 3. The van der Waals surface area contributed by atoms with E-state index in [-0.39, 0.29) is 30.3 Å². The molecular weight excluding hydrogens is 326 g/mol. The molecule has 0 unspecified atom stereocenters. The number of hydrogen-bond donors (Lipinski definition) is 0. The monoisotopic (exact) mass is 361 g/mol. The molecule has 0 atom stereocenters. The van der Waals surface area contributed by atoms with Gasteiger partial charge in [0.05, 0.1) is 13.1 Å². The Kier molecular flexibility index (Phi) is 7.30. The summed E-state index contributed by atoms with van der Waals surface area (Å²) in [6.07, 6.45) is 6.19. The minimum Gasteiger partial charge on any atom is -0.353 e. The van der Waals surface area contributed by atoms with Gasteiger partial charge in [-0.2, -0.15) is 0 Å². The van der Waals surface area contributed by atoms with Gasteiger partial charge in [-0.05, 0) is 44.7 Å². The Labute approximate surface area is 158 Å². The lowest BCUT2D eigenvalue weighted by Crippen LogP contribution is -2.48. The number of aryl methyl sites for hydroxylation is 1. The Morgan fingerprint density at radius 2 is 1.85 bits per heavy atom. The van der Waals surface area contributed by atoms with Gasteiger partial charge in [0.15, 0.2) is 0 Å². The number of aromatic nitrogens is 1. The molecule has 1 aliphatic rings. The molecule has 0 saturated heterocycles. The lowest BCUT2D eigenvalue weighted by molar-refractivity contribution is -0.145. The van der Waals surface area contributed by atoms with E-state index in [1.165, 1.54) is 0 Å². The Hall–Kier alpha value is -1.78. The standard InChI is InChI=1S/C21H35N3O2/c1-16(2)13-23(14-19-11-8-12-22(19)5)20(25)15-24(17(3)4)21(26)18-9-6-7-10-18/h8,11-12,16-18H,6-7,9-10,13-15H2,1-5H3. The zero-order chi connectivity index (χ0) is 19.3. The number of carbonyl (C=O) groups excluding carboxylic acids is 2. The quantitative estimate of drug-likeness (QED) is 0.712. The fourth-order valence-corrected chi connectivity index (χ4v) is 3.72. The van der Waals surface area contributed by atoms with Crippen LogP contribution >= 0.6 is 0 Å². The summed E-state index contributed by atoms with van der Waals surface area (Å²) in [7, 11) is 2.00. The molecule has 0 aromatic carbocycles. The Balaban J connectivity index is 2.09. The van der Waals surface area contributed by atoms with E-state index in [1.807, 2.05) is 48.7 Å². The molecule has 5 heteroatoms. The summed E-state index contributed by atoms with van der Waals surface area (Å²) in [5.74, 6) is 0.697. The van der Waals surface area contributed by atoms with E-state index in [9.17, 15) is 9.59 Å². The Morgan fingerprint density at radius 1 is 1.19 bits per heavy atom. The second-order valence-electron chi connectivity index (χ2n) is 8.32. The number of carbonyl (C=O) groups is 2. The number of hydrogen-bond acceptors (Lipinski definition) is 2. The third-order valence-electron chi connectivity index (χ3n) is 5.26. The van der Waals surface area contributed by atoms with Crippen LogP contribution in [0.1, 0.15) is 59.1 Å². The summed E-state index contributed by atoms with van der Waals surface area (Å²) in [4.78, 5) is 29.7. The lowest BCUT2D eigenvalue weighted by atomic mass is 10.1. The molecule has 1 heterocycles. The molecule has 0 spiro atoms. The highest BCUT2D eigenvalue weighted by Crippen LogP contribution is 2.27. The van der Waals surface area contributed by atoms with Crippen LogP contribution in [0.3, 0.4) is 0 Å². The molecule has 1 saturated carbocycles. The fraction of sp³-hybridized carbons (Fsp3) is 0.714. The van der Waals surface area contributed by atoms with Gasteiger partial charge in [-0.25, -0.2) is 0 Å². The van der Waals surface area contributed by atoms with Crippen LogP contribution in [-0.2, 0) is 23.2 Å². The maximum atomic E-state index is 13.1. The molecule has 0 N–H and O–H groups in total. The molecule has 5 nitrogen and oxygen atoms in total. The van der Waals surface area contributed by atoms with Crippen LogP contribution in [0.2, 0.25) is 0 Å². The molecule has 1 aromatic heterocycles. The van der Waals surface area contributed by atoms with Crippen molar-refractivity contribution in [3.63, 3.8) is 0 Å². The molecule has 0 aliphatic heterocycles. The second kappa shape index (κ2) is 9.24. The summed E-state index contributed by atoms with van der Waals surface area (Å²) >= 11 is 0. The van der Waals surface area contributed by atoms with Crippen molar-refractivity contribution in [3.05, 3.63) is 24.0 Å². The van der Waals surface area contributed by atoms with Crippen molar-refractivity contribution >= 4 is 11.8 Å². The summed E-state index contributed by atoms with van der Waals surface area (Å²) in [5, 5.41) is 0. The first-order valence-electron chi connectivity index (χ1n) is 9.98. The van der Waals surface area contributed by atoms with Crippen molar-refractivity contribution in [1.82, 2.24) is 14.4 Å². The average Bonchev–Trinajstić information content (AvgIpc) is 3.23. The van der Waals surface area contributed by atoms with Crippen molar-refractivity contribution < 1.29 is 9.59 Å². The third kappa shape index (κ3) is 5.36. The van der Waals surface area contributed by atoms with Gasteiger partial charge in [0, 0.05) is 37.4 Å². The van der Waals surface area contributed by atoms with E-state index in [1.54, 1.807) is 4.90 Å². The Bertz CT molecular complexity index is 600. The number of amides is 2. The van der Waals surface area contributed by atoms with Gasteiger partial charge in [-0.3, -0.25) is 9.59 Å². The highest BCUT2D eigenvalue weighted by Gasteiger charge is 2.31. The molecular formula is C21H35N3O2. The predicted molar refractivity (Wildman–Crippen MR) is 104 cm³/mol. The largest absolute Gasteiger partial charge is 0.353 e. The summed E-state index contributed by atoms with van der Waals surface area (Å²) in [6.45, 7) is 9.72. The number of rotatable bonds is 8. The van der Waals surface area contributed by atoms with E-state index < -0.39 is 0 Å². The summed E-state index contributed by atoms with van der Waals surface area (Å²) in [6, 6.07) is 4.09. The van der Waals surface area contributed by atoms with Crippen molar-refractivity contribution in [2.75, 3.05) is 13.1 Å². The molecule has 2 amide bonds. The first-order valence-corrected chi connectivity index (χ1v) is 9.98. The zero-order valence-corrected chi connectivity index (χ0v) is 17.1. The maximum absolute atomic E-state index is 13.1. The highest BCUT2D eigenvalue weighted by atomic mass is 16.2. The predicted octanol–water partition coefficient (Wildman–Crippen LogP) is 3.44. The topological polar surface area (TPSA) is 45.6 Å². The average molecular weight is 362 g/mol. The molecule has 1 aliphatic carbocycles. The zero-order valence-electron chi connectivity index (χ0n) is 17.1. The first-order chi connectivity index (χ1) is 12.3. The third-order valence-corrected chi connectivity index (χ3v) is 5.26. The van der Waals surface area contributed by atoms with Gasteiger partial charge in [0.2, 0.25) is 11.8 Å². The van der Waals surface area contributed by atoms with E-state index in [0.717, 1.165) is 31.4 Å². The van der Waals surface area contributed by atoms with Crippen LogP contribution in [0.5, 0.6) is 0 Å². The highest BCUT2D eigenvalue weighted by molar-refractivity contribution is 5.86. The SMILES string of the molecule is CC(C)CN(Cc1cccn1C)C(=O)CN(C(=O)C1CCCC1)C(C)C. The lowest BCUT2D eigenvalue weighted by Gasteiger charge is -2.32. The van der Waals surface area contributed by atoms with Gasteiger partial charge < -0.3 is 14.4 Å². The second-order valence-corrected chi connectivity index (χ2v) is 8.32. The van der Waals surface area contributed by atoms with Gasteiger partial charge >= 0.3 is 0 Å². The van der Waals surface area contributed by atoms with E-state index in [4.69, 9.17) is 0 Å². The molecule has 0 radical (unpaired) electrons. The minimum absolute atomic E-state index is 0.0416. The van der Waals surface area contributed by atoms with Gasteiger partial charge in [-0.15, -0.1) is 0 Å². The van der Waals surface area contributed by atoms with E-state index in [2.05, 4.69) is 13.8 Å². The fourth-order valence-electron chi connectivity index (χ4n) is 3.72. The summed E-state index contributed by atoms with van der Waals surface area (Å²) < 4.78 is 2.05. The van der Waals surface area contributed by atoms with Crippen molar-refractivity contribution in [2.45, 2.75) is 66.0 Å². The van der Waals surface area contributed by atoms with Crippen molar-refractivity contribution in [3.8, 4) is 0 Å². The smallest absolute Gasteiger partial charge is 0.242 e. The molecule has 1 fully saturated rings. The maximum Gasteiger partial charge on any atom is 0.242 e. The van der Waals surface area contributed by atoms with E-state index in [0.29, 0.717) is 19.0 Å². The molecule has 1 aromatic rings.